The largest absolute Gasteiger partial charge is 0.309 e. The van der Waals surface area contributed by atoms with E-state index in [-0.39, 0.29) is 5.56 Å². The predicted molar refractivity (Wildman–Crippen MR) is 86.1 cm³/mol. The maximum Gasteiger partial charge on any atom is 0.262 e. The SMILES string of the molecule is Cn1ncc2c(=O)[nH]c(CNCc3ccc(Cl)c(Cl)c3)nc21. The van der Waals surface area contributed by atoms with Crippen molar-refractivity contribution in [2.24, 2.45) is 7.05 Å². The zero-order valence-corrected chi connectivity index (χ0v) is 13.2. The van der Waals surface area contributed by atoms with Gasteiger partial charge in [-0.05, 0) is 17.7 Å². The van der Waals surface area contributed by atoms with E-state index in [1.165, 1.54) is 6.20 Å². The summed E-state index contributed by atoms with van der Waals surface area (Å²) in [6.45, 7) is 1.01. The zero-order valence-electron chi connectivity index (χ0n) is 11.7. The lowest BCUT2D eigenvalue weighted by molar-refractivity contribution is 0.660. The number of hydrogen-bond acceptors (Lipinski definition) is 4. The number of aromatic nitrogens is 4. The van der Waals surface area contributed by atoms with Crippen LogP contribution in [0.4, 0.5) is 0 Å². The summed E-state index contributed by atoms with van der Waals surface area (Å²) in [5, 5.41) is 8.76. The average molecular weight is 338 g/mol. The molecule has 114 valence electrons. The third kappa shape index (κ3) is 2.99. The number of fused-ring (bicyclic) bond motifs is 1. The second kappa shape index (κ2) is 6.08. The number of aromatic amines is 1. The molecule has 0 saturated carbocycles. The molecule has 1 aromatic carbocycles. The molecule has 6 nitrogen and oxygen atoms in total. The average Bonchev–Trinajstić information content (AvgIpc) is 2.85. The van der Waals surface area contributed by atoms with E-state index < -0.39 is 0 Å². The summed E-state index contributed by atoms with van der Waals surface area (Å²) in [5.74, 6) is 0.557. The first-order chi connectivity index (χ1) is 10.5. The van der Waals surface area contributed by atoms with Gasteiger partial charge in [-0.15, -0.1) is 0 Å². The van der Waals surface area contributed by atoms with Crippen LogP contribution >= 0.6 is 23.2 Å². The van der Waals surface area contributed by atoms with Crippen LogP contribution in [0.15, 0.2) is 29.2 Å². The van der Waals surface area contributed by atoms with Gasteiger partial charge in [0.25, 0.3) is 5.56 Å². The molecule has 3 rings (SSSR count). The summed E-state index contributed by atoms with van der Waals surface area (Å²) in [6, 6.07) is 5.45. The Hall–Kier alpha value is -1.89. The minimum Gasteiger partial charge on any atom is -0.309 e. The highest BCUT2D eigenvalue weighted by atomic mass is 35.5. The molecule has 0 radical (unpaired) electrons. The highest BCUT2D eigenvalue weighted by Crippen LogP contribution is 2.22. The zero-order chi connectivity index (χ0) is 15.7. The van der Waals surface area contributed by atoms with Crippen molar-refractivity contribution >= 4 is 34.2 Å². The number of hydrogen-bond donors (Lipinski definition) is 2. The van der Waals surface area contributed by atoms with Gasteiger partial charge >= 0.3 is 0 Å². The monoisotopic (exact) mass is 337 g/mol. The molecule has 0 aliphatic rings. The second-order valence-electron chi connectivity index (χ2n) is 4.87. The third-order valence-corrected chi connectivity index (χ3v) is 4.00. The molecule has 22 heavy (non-hydrogen) atoms. The van der Waals surface area contributed by atoms with E-state index in [4.69, 9.17) is 23.2 Å². The lowest BCUT2D eigenvalue weighted by Gasteiger charge is -2.06. The molecule has 3 aromatic rings. The number of halogens is 2. The van der Waals surface area contributed by atoms with Gasteiger partial charge in [0.2, 0.25) is 0 Å². The van der Waals surface area contributed by atoms with Gasteiger partial charge in [-0.25, -0.2) is 4.98 Å². The van der Waals surface area contributed by atoms with Crippen molar-refractivity contribution in [1.82, 2.24) is 25.1 Å². The second-order valence-corrected chi connectivity index (χ2v) is 5.68. The Morgan fingerprint density at radius 2 is 2.09 bits per heavy atom. The van der Waals surface area contributed by atoms with E-state index in [2.05, 4.69) is 20.4 Å². The van der Waals surface area contributed by atoms with Crippen molar-refractivity contribution in [3.63, 3.8) is 0 Å². The van der Waals surface area contributed by atoms with E-state index >= 15 is 0 Å². The van der Waals surface area contributed by atoms with Crippen LogP contribution in [0.5, 0.6) is 0 Å². The minimum absolute atomic E-state index is 0.190. The van der Waals surface area contributed by atoms with E-state index in [0.717, 1.165) is 5.56 Å². The Labute approximate surface area is 136 Å². The maximum atomic E-state index is 11.9. The number of nitrogens with one attached hydrogen (secondary N) is 2. The van der Waals surface area contributed by atoms with Crippen LogP contribution in [0.25, 0.3) is 11.0 Å². The normalized spacial score (nSPS) is 11.2. The Kier molecular flexibility index (Phi) is 4.15. The van der Waals surface area contributed by atoms with Crippen molar-refractivity contribution in [3.8, 4) is 0 Å². The highest BCUT2D eigenvalue weighted by molar-refractivity contribution is 6.42. The first-order valence-corrected chi connectivity index (χ1v) is 7.36. The Bertz CT molecular complexity index is 887. The summed E-state index contributed by atoms with van der Waals surface area (Å²) < 4.78 is 1.58. The van der Waals surface area contributed by atoms with E-state index in [9.17, 15) is 4.79 Å². The molecule has 2 heterocycles. The molecule has 0 aliphatic carbocycles. The molecule has 0 spiro atoms. The molecule has 0 fully saturated rings. The fraction of sp³-hybridized carbons (Fsp3) is 0.214. The van der Waals surface area contributed by atoms with Gasteiger partial charge in [-0.2, -0.15) is 5.10 Å². The van der Waals surface area contributed by atoms with Gasteiger partial charge in [-0.1, -0.05) is 29.3 Å². The van der Waals surface area contributed by atoms with Crippen LogP contribution in [0.2, 0.25) is 10.0 Å². The highest BCUT2D eigenvalue weighted by Gasteiger charge is 2.07. The molecule has 0 amide bonds. The van der Waals surface area contributed by atoms with Gasteiger partial charge in [0.05, 0.1) is 22.8 Å². The van der Waals surface area contributed by atoms with Crippen molar-refractivity contribution in [3.05, 3.63) is 56.2 Å². The minimum atomic E-state index is -0.190. The van der Waals surface area contributed by atoms with Crippen LogP contribution in [-0.2, 0) is 20.1 Å². The quantitative estimate of drug-likeness (QED) is 0.765. The molecule has 0 aliphatic heterocycles. The van der Waals surface area contributed by atoms with Gasteiger partial charge in [0.1, 0.15) is 11.2 Å². The Balaban J connectivity index is 1.72. The number of H-pyrrole nitrogens is 1. The van der Waals surface area contributed by atoms with Crippen LogP contribution in [0.3, 0.4) is 0 Å². The molecule has 0 saturated heterocycles. The predicted octanol–water partition coefficient (Wildman–Crippen LogP) is 2.25. The molecule has 2 N–H and O–H groups in total. The van der Waals surface area contributed by atoms with Crippen LogP contribution < -0.4 is 10.9 Å². The summed E-state index contributed by atoms with van der Waals surface area (Å²) in [5.41, 5.74) is 1.37. The third-order valence-electron chi connectivity index (χ3n) is 3.26. The molecule has 8 heteroatoms. The molecule has 2 aromatic heterocycles. The molecular weight excluding hydrogens is 325 g/mol. The molecular formula is C14H13Cl2N5O. The van der Waals surface area contributed by atoms with E-state index in [1.807, 2.05) is 6.07 Å². The Morgan fingerprint density at radius 1 is 1.27 bits per heavy atom. The summed E-state index contributed by atoms with van der Waals surface area (Å²) >= 11 is 11.8. The van der Waals surface area contributed by atoms with Crippen molar-refractivity contribution in [2.75, 3.05) is 0 Å². The molecule has 0 bridgehead atoms. The van der Waals surface area contributed by atoms with Gasteiger partial charge in [-0.3, -0.25) is 9.48 Å². The van der Waals surface area contributed by atoms with Gasteiger partial charge in [0.15, 0.2) is 5.65 Å². The fourth-order valence-corrected chi connectivity index (χ4v) is 2.46. The van der Waals surface area contributed by atoms with Crippen LogP contribution in [-0.4, -0.2) is 19.7 Å². The molecule has 0 unspecified atom stereocenters. The maximum absolute atomic E-state index is 11.9. The van der Waals surface area contributed by atoms with Crippen molar-refractivity contribution in [2.45, 2.75) is 13.1 Å². The van der Waals surface area contributed by atoms with Crippen LogP contribution in [0.1, 0.15) is 11.4 Å². The lowest BCUT2D eigenvalue weighted by atomic mass is 10.2. The van der Waals surface area contributed by atoms with Crippen LogP contribution in [0, 0.1) is 0 Å². The number of rotatable bonds is 4. The van der Waals surface area contributed by atoms with Crippen molar-refractivity contribution < 1.29 is 0 Å². The topological polar surface area (TPSA) is 75.6 Å². The fourth-order valence-electron chi connectivity index (χ4n) is 2.14. The number of aryl methyl sites for hydroxylation is 1. The Morgan fingerprint density at radius 3 is 2.86 bits per heavy atom. The summed E-state index contributed by atoms with van der Waals surface area (Å²) in [7, 11) is 1.75. The first kappa shape index (κ1) is 15.0. The smallest absolute Gasteiger partial charge is 0.262 e. The summed E-state index contributed by atoms with van der Waals surface area (Å²) in [4.78, 5) is 19.1. The van der Waals surface area contributed by atoms with Gasteiger partial charge < -0.3 is 10.3 Å². The van der Waals surface area contributed by atoms with E-state index in [0.29, 0.717) is 40.0 Å². The first-order valence-electron chi connectivity index (χ1n) is 6.60. The van der Waals surface area contributed by atoms with Crippen molar-refractivity contribution in [1.29, 1.82) is 0 Å². The molecule has 0 atom stereocenters. The summed E-state index contributed by atoms with van der Waals surface area (Å²) in [6.07, 6.45) is 1.51. The number of benzene rings is 1. The lowest BCUT2D eigenvalue weighted by Crippen LogP contribution is -2.19. The van der Waals surface area contributed by atoms with Gasteiger partial charge in [0, 0.05) is 13.6 Å². The van der Waals surface area contributed by atoms with E-state index in [1.54, 1.807) is 23.9 Å². The standard InChI is InChI=1S/C14H13Cl2N5O/c1-21-13-9(6-18-21)14(22)20-12(19-13)7-17-5-8-2-3-10(15)11(16)4-8/h2-4,6,17H,5,7H2,1H3,(H,19,20,22). The number of nitrogens with zero attached hydrogens (tertiary/aromatic N) is 3.